The van der Waals surface area contributed by atoms with Crippen molar-refractivity contribution in [1.82, 2.24) is 30.1 Å². The number of hydrogen-bond donors (Lipinski definition) is 2. The summed E-state index contributed by atoms with van der Waals surface area (Å²) in [4.78, 5) is 11.4. The maximum atomic E-state index is 11.4. The zero-order chi connectivity index (χ0) is 14.8. The van der Waals surface area contributed by atoms with Crippen molar-refractivity contribution in [3.63, 3.8) is 0 Å². The molecular formula is C13H18N6O2. The Hall–Kier alpha value is -2.22. The molecule has 0 amide bonds. The van der Waals surface area contributed by atoms with E-state index in [4.69, 9.17) is 0 Å². The molecule has 0 bridgehead atoms. The van der Waals surface area contributed by atoms with Crippen molar-refractivity contribution >= 4 is 5.97 Å². The standard InChI is InChI=1S/C13H18N6O2/c1-18-7-9(6-15-18)8-19-12(10-2-4-14-5-3-10)11(13(20)21)16-17-19/h6-7,10,14H,2-5,8H2,1H3,(H,20,21). The van der Waals surface area contributed by atoms with Crippen LogP contribution in [0.3, 0.4) is 0 Å². The average Bonchev–Trinajstić information content (AvgIpc) is 3.07. The Balaban J connectivity index is 1.93. The molecule has 0 saturated carbocycles. The summed E-state index contributed by atoms with van der Waals surface area (Å²) in [6.07, 6.45) is 5.46. The molecule has 2 aromatic heterocycles. The van der Waals surface area contributed by atoms with E-state index in [0.717, 1.165) is 37.2 Å². The second-order valence-corrected chi connectivity index (χ2v) is 5.33. The van der Waals surface area contributed by atoms with Crippen LogP contribution in [0.1, 0.15) is 40.5 Å². The normalized spacial score (nSPS) is 16.2. The van der Waals surface area contributed by atoms with Crippen LogP contribution >= 0.6 is 0 Å². The van der Waals surface area contributed by atoms with E-state index in [1.54, 1.807) is 15.6 Å². The van der Waals surface area contributed by atoms with E-state index < -0.39 is 5.97 Å². The first-order valence-corrected chi connectivity index (χ1v) is 7.00. The van der Waals surface area contributed by atoms with Gasteiger partial charge < -0.3 is 10.4 Å². The summed E-state index contributed by atoms with van der Waals surface area (Å²) in [5, 5.41) is 24.6. The molecule has 2 aromatic rings. The maximum absolute atomic E-state index is 11.4. The Morgan fingerprint density at radius 2 is 2.24 bits per heavy atom. The number of nitrogens with one attached hydrogen (secondary N) is 1. The minimum Gasteiger partial charge on any atom is -0.476 e. The van der Waals surface area contributed by atoms with Crippen LogP contribution in [-0.4, -0.2) is 48.9 Å². The van der Waals surface area contributed by atoms with Gasteiger partial charge in [0.25, 0.3) is 0 Å². The fraction of sp³-hybridized carbons (Fsp3) is 0.538. The molecule has 3 rings (SSSR count). The Labute approximate surface area is 121 Å². The monoisotopic (exact) mass is 290 g/mol. The molecule has 8 heteroatoms. The van der Waals surface area contributed by atoms with E-state index in [1.165, 1.54) is 0 Å². The van der Waals surface area contributed by atoms with E-state index in [-0.39, 0.29) is 11.6 Å². The van der Waals surface area contributed by atoms with Gasteiger partial charge in [-0.25, -0.2) is 9.48 Å². The van der Waals surface area contributed by atoms with Crippen molar-refractivity contribution < 1.29 is 9.90 Å². The summed E-state index contributed by atoms with van der Waals surface area (Å²) < 4.78 is 3.42. The first-order chi connectivity index (χ1) is 10.1. The van der Waals surface area contributed by atoms with Gasteiger partial charge in [0.1, 0.15) is 0 Å². The molecule has 1 saturated heterocycles. The Bertz CT molecular complexity index is 641. The van der Waals surface area contributed by atoms with Crippen molar-refractivity contribution in [1.29, 1.82) is 0 Å². The van der Waals surface area contributed by atoms with E-state index in [1.807, 2.05) is 13.2 Å². The van der Waals surface area contributed by atoms with Gasteiger partial charge in [0.2, 0.25) is 0 Å². The summed E-state index contributed by atoms with van der Waals surface area (Å²) in [6, 6.07) is 0. The van der Waals surface area contributed by atoms with Crippen LogP contribution in [-0.2, 0) is 13.6 Å². The summed E-state index contributed by atoms with van der Waals surface area (Å²) in [6.45, 7) is 2.27. The first kappa shape index (κ1) is 13.7. The number of carboxylic acid groups (broad SMARTS) is 1. The lowest BCUT2D eigenvalue weighted by atomic mass is 9.93. The van der Waals surface area contributed by atoms with Crippen molar-refractivity contribution in [2.75, 3.05) is 13.1 Å². The van der Waals surface area contributed by atoms with E-state index >= 15 is 0 Å². The highest BCUT2D eigenvalue weighted by Crippen LogP contribution is 2.27. The second-order valence-electron chi connectivity index (χ2n) is 5.33. The van der Waals surface area contributed by atoms with Crippen molar-refractivity contribution in [2.24, 2.45) is 7.05 Å². The second kappa shape index (κ2) is 5.65. The minimum absolute atomic E-state index is 0.0748. The number of piperidine rings is 1. The highest BCUT2D eigenvalue weighted by Gasteiger charge is 2.27. The van der Waals surface area contributed by atoms with Crippen LogP contribution in [0.15, 0.2) is 12.4 Å². The van der Waals surface area contributed by atoms with Crippen LogP contribution in [0.4, 0.5) is 0 Å². The molecule has 0 aromatic carbocycles. The quantitative estimate of drug-likeness (QED) is 0.836. The molecule has 8 nitrogen and oxygen atoms in total. The molecule has 1 fully saturated rings. The maximum Gasteiger partial charge on any atom is 0.358 e. The van der Waals surface area contributed by atoms with Gasteiger partial charge in [-0.3, -0.25) is 4.68 Å². The zero-order valence-electron chi connectivity index (χ0n) is 11.9. The van der Waals surface area contributed by atoms with Crippen LogP contribution in [0, 0.1) is 0 Å². The predicted octanol–water partition coefficient (Wildman–Crippen LogP) is 0.225. The van der Waals surface area contributed by atoms with Gasteiger partial charge in [-0.1, -0.05) is 5.21 Å². The summed E-state index contributed by atoms with van der Waals surface area (Å²) in [5.41, 5.74) is 1.79. The van der Waals surface area contributed by atoms with Crippen LogP contribution in [0.2, 0.25) is 0 Å². The minimum atomic E-state index is -1.01. The number of aromatic carboxylic acids is 1. The molecule has 3 heterocycles. The van der Waals surface area contributed by atoms with Crippen molar-refractivity contribution in [3.05, 3.63) is 29.3 Å². The molecule has 0 atom stereocenters. The first-order valence-electron chi connectivity index (χ1n) is 7.00. The number of rotatable bonds is 4. The number of hydrogen-bond acceptors (Lipinski definition) is 5. The smallest absolute Gasteiger partial charge is 0.358 e. The summed E-state index contributed by atoms with van der Waals surface area (Å²) >= 11 is 0. The predicted molar refractivity (Wildman–Crippen MR) is 74.1 cm³/mol. The third kappa shape index (κ3) is 2.80. The van der Waals surface area contributed by atoms with Crippen LogP contribution < -0.4 is 5.32 Å². The third-order valence-electron chi connectivity index (χ3n) is 3.79. The highest BCUT2D eigenvalue weighted by atomic mass is 16.4. The molecule has 0 radical (unpaired) electrons. The molecule has 112 valence electrons. The Morgan fingerprint density at radius 3 is 2.86 bits per heavy atom. The fourth-order valence-electron chi connectivity index (χ4n) is 2.82. The van der Waals surface area contributed by atoms with Gasteiger partial charge in [-0.2, -0.15) is 5.10 Å². The number of nitrogens with zero attached hydrogens (tertiary/aromatic N) is 5. The molecule has 2 N–H and O–H groups in total. The molecular weight excluding hydrogens is 272 g/mol. The van der Waals surface area contributed by atoms with Crippen LogP contribution in [0.5, 0.6) is 0 Å². The van der Waals surface area contributed by atoms with Gasteiger partial charge in [0, 0.05) is 24.7 Å². The van der Waals surface area contributed by atoms with Gasteiger partial charge in [-0.05, 0) is 25.9 Å². The lowest BCUT2D eigenvalue weighted by Gasteiger charge is -2.23. The summed E-state index contributed by atoms with van der Waals surface area (Å²) in [7, 11) is 1.85. The van der Waals surface area contributed by atoms with E-state index in [2.05, 4.69) is 20.7 Å². The summed E-state index contributed by atoms with van der Waals surface area (Å²) in [5.74, 6) is -0.829. The van der Waals surface area contributed by atoms with Gasteiger partial charge in [-0.15, -0.1) is 5.10 Å². The van der Waals surface area contributed by atoms with Crippen molar-refractivity contribution in [2.45, 2.75) is 25.3 Å². The lowest BCUT2D eigenvalue weighted by molar-refractivity contribution is 0.0688. The topological polar surface area (TPSA) is 97.9 Å². The molecule has 0 spiro atoms. The van der Waals surface area contributed by atoms with Gasteiger partial charge >= 0.3 is 5.97 Å². The number of carboxylic acids is 1. The Kier molecular flexibility index (Phi) is 3.70. The van der Waals surface area contributed by atoms with E-state index in [0.29, 0.717) is 6.54 Å². The van der Waals surface area contributed by atoms with E-state index in [9.17, 15) is 9.90 Å². The highest BCUT2D eigenvalue weighted by molar-refractivity contribution is 5.86. The zero-order valence-corrected chi connectivity index (χ0v) is 11.9. The number of aromatic nitrogens is 5. The Morgan fingerprint density at radius 1 is 1.48 bits per heavy atom. The molecule has 21 heavy (non-hydrogen) atoms. The van der Waals surface area contributed by atoms with Crippen molar-refractivity contribution in [3.8, 4) is 0 Å². The fourth-order valence-corrected chi connectivity index (χ4v) is 2.82. The SMILES string of the molecule is Cn1cc(Cn2nnc(C(=O)O)c2C2CCNCC2)cn1. The number of aryl methyl sites for hydroxylation is 1. The molecule has 1 aliphatic rings. The lowest BCUT2D eigenvalue weighted by Crippen LogP contribution is -2.28. The van der Waals surface area contributed by atoms with Crippen LogP contribution in [0.25, 0.3) is 0 Å². The van der Waals surface area contributed by atoms with Gasteiger partial charge in [0.15, 0.2) is 5.69 Å². The van der Waals surface area contributed by atoms with Gasteiger partial charge in [0.05, 0.1) is 18.4 Å². The third-order valence-corrected chi connectivity index (χ3v) is 3.79. The number of carbonyl (C=O) groups is 1. The molecule has 1 aliphatic heterocycles. The molecule has 0 unspecified atom stereocenters. The largest absolute Gasteiger partial charge is 0.476 e. The average molecular weight is 290 g/mol. The molecule has 0 aliphatic carbocycles.